The van der Waals surface area contributed by atoms with E-state index in [9.17, 15) is 26.7 Å². The zero-order chi connectivity index (χ0) is 32.7. The van der Waals surface area contributed by atoms with Crippen molar-refractivity contribution in [1.82, 2.24) is 24.8 Å². The Labute approximate surface area is 262 Å². The van der Waals surface area contributed by atoms with Gasteiger partial charge in [-0.15, -0.1) is 0 Å². The van der Waals surface area contributed by atoms with Crippen molar-refractivity contribution in [2.75, 3.05) is 43.9 Å². The van der Waals surface area contributed by atoms with Crippen molar-refractivity contribution in [1.29, 1.82) is 0 Å². The number of hydrogen-bond donors (Lipinski definition) is 1. The molecule has 4 atom stereocenters. The van der Waals surface area contributed by atoms with Crippen LogP contribution in [0.3, 0.4) is 0 Å². The monoisotopic (exact) mass is 663 g/mol. The van der Waals surface area contributed by atoms with E-state index in [1.807, 2.05) is 0 Å². The van der Waals surface area contributed by atoms with Crippen molar-refractivity contribution >= 4 is 49.3 Å². The summed E-state index contributed by atoms with van der Waals surface area (Å²) in [6, 6.07) is 1.60. The standard InChI is InChI=1S/C30H27F6N7O2S/c1-3-21(44)42-7-6-19-20(42)11-43(19)27-16-9-17(30(34,35)36)22(15-4-5-18(32)26-25(15)38-28(37)46-26)23(33)24(16)39-29(40-27)45-12-14-8-13(31)10-41(14)2/h3-5,9,13-14,19-20H,1,6-8,10-12H2,2H3,(H2,37,38)/t13-,14+,19-,20-/m1/s1. The largest absolute Gasteiger partial charge is 0.462 e. The number of carbonyl (C=O) groups is 1. The number of aromatic nitrogens is 3. The minimum Gasteiger partial charge on any atom is -0.462 e. The van der Waals surface area contributed by atoms with Gasteiger partial charge in [0, 0.05) is 42.2 Å². The van der Waals surface area contributed by atoms with Gasteiger partial charge in [-0.1, -0.05) is 17.9 Å². The highest BCUT2D eigenvalue weighted by Crippen LogP contribution is 2.47. The number of nitrogens with two attached hydrogens (primary N) is 1. The second kappa shape index (κ2) is 11.0. The third-order valence-corrected chi connectivity index (χ3v) is 9.94. The van der Waals surface area contributed by atoms with E-state index in [2.05, 4.69) is 21.5 Å². The Kier molecular flexibility index (Phi) is 7.27. The van der Waals surface area contributed by atoms with E-state index in [4.69, 9.17) is 10.5 Å². The van der Waals surface area contributed by atoms with Crippen LogP contribution >= 0.6 is 11.3 Å². The molecule has 3 saturated heterocycles. The van der Waals surface area contributed by atoms with Gasteiger partial charge in [0.2, 0.25) is 5.91 Å². The highest BCUT2D eigenvalue weighted by atomic mass is 32.1. The fourth-order valence-corrected chi connectivity index (χ4v) is 7.55. The third-order valence-electron chi connectivity index (χ3n) is 9.04. The van der Waals surface area contributed by atoms with Gasteiger partial charge < -0.3 is 20.3 Å². The van der Waals surface area contributed by atoms with Gasteiger partial charge >= 0.3 is 12.2 Å². The summed E-state index contributed by atoms with van der Waals surface area (Å²) < 4.78 is 95.3. The molecule has 9 nitrogen and oxygen atoms in total. The van der Waals surface area contributed by atoms with E-state index in [1.165, 1.54) is 6.08 Å². The molecule has 46 heavy (non-hydrogen) atoms. The average molecular weight is 664 g/mol. The second-order valence-electron chi connectivity index (χ2n) is 11.7. The number of thiazole rings is 1. The number of halogens is 6. The first-order chi connectivity index (χ1) is 21.8. The lowest BCUT2D eigenvalue weighted by Crippen LogP contribution is -2.63. The maximum atomic E-state index is 16.7. The maximum absolute atomic E-state index is 16.7. The van der Waals surface area contributed by atoms with Crippen LogP contribution in [-0.4, -0.2) is 88.2 Å². The van der Waals surface area contributed by atoms with Crippen LogP contribution in [0.2, 0.25) is 0 Å². The van der Waals surface area contributed by atoms with Crippen molar-refractivity contribution in [3.63, 3.8) is 0 Å². The van der Waals surface area contributed by atoms with E-state index >= 15 is 4.39 Å². The fourth-order valence-electron chi connectivity index (χ4n) is 6.79. The molecular weight excluding hydrogens is 636 g/mol. The molecule has 0 saturated carbocycles. The molecule has 2 aromatic carbocycles. The molecule has 16 heteroatoms. The number of likely N-dealkylation sites (tertiary alicyclic amines) is 2. The van der Waals surface area contributed by atoms with Crippen molar-refractivity contribution < 1.29 is 35.9 Å². The molecule has 2 aromatic heterocycles. The molecule has 1 amide bonds. The molecule has 0 radical (unpaired) electrons. The van der Waals surface area contributed by atoms with Gasteiger partial charge in [-0.05, 0) is 44.2 Å². The van der Waals surface area contributed by atoms with Gasteiger partial charge in [-0.2, -0.15) is 23.1 Å². The van der Waals surface area contributed by atoms with Crippen molar-refractivity contribution in [3.8, 4) is 17.1 Å². The van der Waals surface area contributed by atoms with E-state index in [-0.39, 0.29) is 88.3 Å². The molecule has 0 bridgehead atoms. The average Bonchev–Trinajstić information content (AvgIpc) is 3.65. The normalized spacial score (nSPS) is 23.3. The molecule has 7 rings (SSSR count). The number of nitrogen functional groups attached to an aromatic ring is 1. The quantitative estimate of drug-likeness (QED) is 0.223. The Morgan fingerprint density at radius 2 is 1.96 bits per heavy atom. The molecule has 3 aliphatic heterocycles. The summed E-state index contributed by atoms with van der Waals surface area (Å²) in [6.07, 6.45) is -4.20. The maximum Gasteiger partial charge on any atom is 0.417 e. The van der Waals surface area contributed by atoms with Gasteiger partial charge in [0.25, 0.3) is 0 Å². The zero-order valence-electron chi connectivity index (χ0n) is 24.3. The number of rotatable bonds is 6. The summed E-state index contributed by atoms with van der Waals surface area (Å²) in [5.41, 5.74) is 2.59. The molecule has 3 aliphatic rings. The third kappa shape index (κ3) is 4.89. The predicted octanol–water partition coefficient (Wildman–Crippen LogP) is 5.18. The number of carbonyl (C=O) groups excluding carboxylic acids is 1. The van der Waals surface area contributed by atoms with Crippen LogP contribution in [0, 0.1) is 11.6 Å². The lowest BCUT2D eigenvalue weighted by Gasteiger charge is -2.47. The van der Waals surface area contributed by atoms with Crippen LogP contribution in [-0.2, 0) is 11.0 Å². The Bertz CT molecular complexity index is 1900. The molecule has 2 N–H and O–H groups in total. The number of anilines is 2. The van der Waals surface area contributed by atoms with Gasteiger partial charge in [-0.25, -0.2) is 18.2 Å². The Morgan fingerprint density at radius 1 is 1.17 bits per heavy atom. The number of fused-ring (bicyclic) bond motifs is 3. The van der Waals surface area contributed by atoms with Crippen LogP contribution in [0.5, 0.6) is 6.01 Å². The lowest BCUT2D eigenvalue weighted by molar-refractivity contribution is -0.137. The summed E-state index contributed by atoms with van der Waals surface area (Å²) in [5, 5.41) is -0.317. The molecule has 242 valence electrons. The molecule has 0 unspecified atom stereocenters. The molecule has 5 heterocycles. The first-order valence-corrected chi connectivity index (χ1v) is 15.3. The molecule has 0 aliphatic carbocycles. The molecule has 3 fully saturated rings. The second-order valence-corrected chi connectivity index (χ2v) is 12.7. The van der Waals surface area contributed by atoms with E-state index in [0.29, 0.717) is 13.0 Å². The van der Waals surface area contributed by atoms with E-state index in [0.717, 1.165) is 29.5 Å². The Hall–Kier alpha value is -4.18. The van der Waals surface area contributed by atoms with Crippen molar-refractivity contribution in [3.05, 3.63) is 48.1 Å². The number of amides is 1. The number of hydrogen-bond acceptors (Lipinski definition) is 9. The highest BCUT2D eigenvalue weighted by Gasteiger charge is 2.50. The Morgan fingerprint density at radius 3 is 2.65 bits per heavy atom. The van der Waals surface area contributed by atoms with Gasteiger partial charge in [0.1, 0.15) is 29.9 Å². The molecular formula is C30H27F6N7O2S. The number of likely N-dealkylation sites (N-methyl/N-ethyl adjacent to an activating group) is 1. The number of benzene rings is 2. The van der Waals surface area contributed by atoms with Crippen LogP contribution in [0.1, 0.15) is 18.4 Å². The lowest BCUT2D eigenvalue weighted by atomic mass is 9.93. The minimum atomic E-state index is -5.05. The van der Waals surface area contributed by atoms with Gasteiger partial charge in [-0.3, -0.25) is 9.69 Å². The first-order valence-electron chi connectivity index (χ1n) is 14.5. The number of nitrogens with zero attached hydrogens (tertiary/aromatic N) is 6. The van der Waals surface area contributed by atoms with Crippen molar-refractivity contribution in [2.24, 2.45) is 0 Å². The molecule has 0 spiro atoms. The van der Waals surface area contributed by atoms with Crippen LogP contribution < -0.4 is 15.4 Å². The first kappa shape index (κ1) is 30.5. The summed E-state index contributed by atoms with van der Waals surface area (Å²) >= 11 is 0.732. The minimum absolute atomic E-state index is 0.00963. The van der Waals surface area contributed by atoms with E-state index < -0.39 is 40.6 Å². The summed E-state index contributed by atoms with van der Waals surface area (Å²) in [5.74, 6) is -2.34. The van der Waals surface area contributed by atoms with Crippen LogP contribution in [0.25, 0.3) is 32.2 Å². The van der Waals surface area contributed by atoms with Crippen LogP contribution in [0.4, 0.5) is 37.3 Å². The molecule has 4 aromatic rings. The smallest absolute Gasteiger partial charge is 0.417 e. The fraction of sp³-hybridized carbons (Fsp3) is 0.400. The van der Waals surface area contributed by atoms with Crippen LogP contribution in [0.15, 0.2) is 30.9 Å². The summed E-state index contributed by atoms with van der Waals surface area (Å²) in [4.78, 5) is 30.2. The van der Waals surface area contributed by atoms with Crippen molar-refractivity contribution in [2.45, 2.75) is 43.3 Å². The summed E-state index contributed by atoms with van der Waals surface area (Å²) in [7, 11) is 1.73. The predicted molar refractivity (Wildman–Crippen MR) is 160 cm³/mol. The van der Waals surface area contributed by atoms with Gasteiger partial charge in [0.05, 0.1) is 27.9 Å². The Balaban J connectivity index is 1.40. The highest BCUT2D eigenvalue weighted by molar-refractivity contribution is 7.22. The number of alkyl halides is 4. The van der Waals surface area contributed by atoms with E-state index in [1.54, 1.807) is 21.7 Å². The van der Waals surface area contributed by atoms with Gasteiger partial charge in [0.15, 0.2) is 10.9 Å². The summed E-state index contributed by atoms with van der Waals surface area (Å²) in [6.45, 7) is 4.34. The number of ether oxygens (including phenoxy) is 1. The SMILES string of the molecule is C=CC(=O)N1CC[C@@H]2[C@H]1CN2c1nc(OC[C@@H]2C[C@@H](F)CN2C)nc2c(F)c(-c3ccc(F)c4sc(N)nc34)c(C(F)(F)F)cc12. The topological polar surface area (TPSA) is 101 Å². The zero-order valence-corrected chi connectivity index (χ0v) is 25.1.